The van der Waals surface area contributed by atoms with Gasteiger partial charge in [-0.05, 0) is 52.4 Å². The summed E-state index contributed by atoms with van der Waals surface area (Å²) in [7, 11) is 0. The lowest BCUT2D eigenvalue weighted by Crippen LogP contribution is -2.02. The number of esters is 1. The fourth-order valence-corrected chi connectivity index (χ4v) is 2.08. The zero-order chi connectivity index (χ0) is 19.0. The van der Waals surface area contributed by atoms with Gasteiger partial charge >= 0.3 is 5.97 Å². The van der Waals surface area contributed by atoms with E-state index >= 15 is 0 Å². The van der Waals surface area contributed by atoms with Crippen molar-refractivity contribution in [1.82, 2.24) is 0 Å². The van der Waals surface area contributed by atoms with Crippen LogP contribution in [-0.4, -0.2) is 12.6 Å². The van der Waals surface area contributed by atoms with E-state index in [0.717, 1.165) is 31.3 Å². The van der Waals surface area contributed by atoms with Gasteiger partial charge in [-0.3, -0.25) is 0 Å². The van der Waals surface area contributed by atoms with Gasteiger partial charge in [-0.15, -0.1) is 0 Å². The molecule has 1 unspecified atom stereocenters. The molecule has 0 amide bonds. The second-order valence-electron chi connectivity index (χ2n) is 6.35. The number of carbonyl (C=O) groups is 1. The third-order valence-corrected chi connectivity index (χ3v) is 3.80. The molecule has 0 aromatic carbocycles. The molecule has 140 valence electrons. The number of carbonyl (C=O) groups excluding carboxylic acids is 1. The lowest BCUT2D eigenvalue weighted by atomic mass is 9.91. The normalized spacial score (nSPS) is 13.9. The molecular formula is C22H40O2. The summed E-state index contributed by atoms with van der Waals surface area (Å²) >= 11 is 0. The fraction of sp³-hybridized carbons (Fsp3) is 0.682. The highest BCUT2D eigenvalue weighted by atomic mass is 16.5. The Morgan fingerprint density at radius 2 is 1.54 bits per heavy atom. The van der Waals surface area contributed by atoms with E-state index in [-0.39, 0.29) is 5.97 Å². The van der Waals surface area contributed by atoms with Crippen LogP contribution in [0.3, 0.4) is 0 Å². The maximum absolute atomic E-state index is 11.4. The zero-order valence-electron chi connectivity index (χ0n) is 17.4. The van der Waals surface area contributed by atoms with Crippen molar-refractivity contribution in [3.05, 3.63) is 34.9 Å². The van der Waals surface area contributed by atoms with Gasteiger partial charge in [-0.25, -0.2) is 4.79 Å². The Bertz CT molecular complexity index is 414. The van der Waals surface area contributed by atoms with Crippen LogP contribution in [0.4, 0.5) is 0 Å². The number of ether oxygens (including phenoxy) is 1. The van der Waals surface area contributed by atoms with Crippen LogP contribution in [0.2, 0.25) is 0 Å². The van der Waals surface area contributed by atoms with Crippen molar-refractivity contribution in [1.29, 1.82) is 0 Å². The summed E-state index contributed by atoms with van der Waals surface area (Å²) in [4.78, 5) is 11.4. The molecule has 0 rings (SSSR count). The van der Waals surface area contributed by atoms with E-state index in [4.69, 9.17) is 4.74 Å². The Morgan fingerprint density at radius 3 is 2.00 bits per heavy atom. The first kappa shape index (κ1) is 24.9. The molecule has 0 fully saturated rings. The van der Waals surface area contributed by atoms with Crippen molar-refractivity contribution >= 4 is 5.97 Å². The van der Waals surface area contributed by atoms with Crippen molar-refractivity contribution in [2.45, 2.75) is 87.5 Å². The van der Waals surface area contributed by atoms with Crippen molar-refractivity contribution in [2.75, 3.05) is 6.61 Å². The first-order chi connectivity index (χ1) is 11.4. The van der Waals surface area contributed by atoms with Gasteiger partial charge in [0.25, 0.3) is 0 Å². The van der Waals surface area contributed by atoms with Gasteiger partial charge < -0.3 is 4.74 Å². The number of hydrogen-bond acceptors (Lipinski definition) is 2. The van der Waals surface area contributed by atoms with Crippen LogP contribution in [0.25, 0.3) is 0 Å². The van der Waals surface area contributed by atoms with Crippen LogP contribution in [-0.2, 0) is 9.53 Å². The van der Waals surface area contributed by atoms with Crippen LogP contribution in [0.15, 0.2) is 34.9 Å². The molecule has 0 saturated carbocycles. The van der Waals surface area contributed by atoms with Crippen LogP contribution in [0.5, 0.6) is 0 Å². The molecule has 0 N–H and O–H groups in total. The Morgan fingerprint density at radius 1 is 0.958 bits per heavy atom. The topological polar surface area (TPSA) is 26.3 Å². The highest BCUT2D eigenvalue weighted by molar-refractivity contribution is 5.82. The van der Waals surface area contributed by atoms with Crippen molar-refractivity contribution < 1.29 is 9.53 Å². The third-order valence-electron chi connectivity index (χ3n) is 3.80. The van der Waals surface area contributed by atoms with Gasteiger partial charge in [0, 0.05) is 6.08 Å². The van der Waals surface area contributed by atoms with E-state index in [1.165, 1.54) is 17.6 Å². The van der Waals surface area contributed by atoms with Gasteiger partial charge in [0.1, 0.15) is 0 Å². The Hall–Kier alpha value is -1.31. The number of rotatable bonds is 9. The molecule has 0 aromatic heterocycles. The van der Waals surface area contributed by atoms with Gasteiger partial charge in [0.05, 0.1) is 6.61 Å². The first-order valence-corrected chi connectivity index (χ1v) is 9.56. The Labute approximate surface area is 151 Å². The monoisotopic (exact) mass is 336 g/mol. The minimum Gasteiger partial charge on any atom is -0.463 e. The summed E-state index contributed by atoms with van der Waals surface area (Å²) in [5.74, 6) is 0.317. The van der Waals surface area contributed by atoms with E-state index in [1.807, 2.05) is 13.8 Å². The predicted molar refractivity (Wildman–Crippen MR) is 107 cm³/mol. The molecule has 2 nitrogen and oxygen atoms in total. The first-order valence-electron chi connectivity index (χ1n) is 9.56. The minimum atomic E-state index is -0.226. The maximum atomic E-state index is 11.4. The zero-order valence-corrected chi connectivity index (χ0v) is 17.4. The average molecular weight is 337 g/mol. The summed E-state index contributed by atoms with van der Waals surface area (Å²) in [5, 5.41) is 0. The molecule has 24 heavy (non-hydrogen) atoms. The maximum Gasteiger partial charge on any atom is 0.330 e. The van der Waals surface area contributed by atoms with Crippen LogP contribution >= 0.6 is 0 Å². The van der Waals surface area contributed by atoms with Crippen molar-refractivity contribution in [3.63, 3.8) is 0 Å². The van der Waals surface area contributed by atoms with E-state index in [2.05, 4.69) is 53.7 Å². The SMILES string of the molecule is CCC.CCOC(=O)/C=C(/C)CCC(C)/C(=C/C=C(\C)CC)CC. The van der Waals surface area contributed by atoms with Gasteiger partial charge in [-0.1, -0.05) is 69.9 Å². The van der Waals surface area contributed by atoms with Gasteiger partial charge in [0.15, 0.2) is 0 Å². The molecule has 0 aromatic rings. The molecule has 0 radical (unpaired) electrons. The summed E-state index contributed by atoms with van der Waals surface area (Å²) < 4.78 is 4.93. The average Bonchev–Trinajstić information content (AvgIpc) is 2.54. The molecule has 1 atom stereocenters. The summed E-state index contributed by atoms with van der Waals surface area (Å²) in [5.41, 5.74) is 3.98. The van der Waals surface area contributed by atoms with E-state index < -0.39 is 0 Å². The molecule has 0 aliphatic heterocycles. The fourth-order valence-electron chi connectivity index (χ4n) is 2.08. The second kappa shape index (κ2) is 16.5. The quantitative estimate of drug-likeness (QED) is 0.257. The smallest absolute Gasteiger partial charge is 0.330 e. The Balaban J connectivity index is 0. The standard InChI is InChI=1S/C19H32O2.C3H8/c1-7-15(4)11-13-18(8-2)17(6)12-10-16(5)14-19(20)21-9-3;1-3-2/h11,13-14,17H,7-10,12H2,1-6H3;3H2,1-2H3/b15-11+,16-14-,18-13+;. The summed E-state index contributed by atoms with van der Waals surface area (Å²) in [6.07, 6.45) is 11.6. The molecule has 0 saturated heterocycles. The van der Waals surface area contributed by atoms with Crippen molar-refractivity contribution in [2.24, 2.45) is 5.92 Å². The number of allylic oxidation sites excluding steroid dienone is 5. The number of hydrogen-bond donors (Lipinski definition) is 0. The van der Waals surface area contributed by atoms with E-state index in [0.29, 0.717) is 12.5 Å². The van der Waals surface area contributed by atoms with Gasteiger partial charge in [-0.2, -0.15) is 0 Å². The highest BCUT2D eigenvalue weighted by Crippen LogP contribution is 2.22. The lowest BCUT2D eigenvalue weighted by Gasteiger charge is -2.14. The predicted octanol–water partition coefficient (Wildman–Crippen LogP) is 7.02. The second-order valence-corrected chi connectivity index (χ2v) is 6.35. The largest absolute Gasteiger partial charge is 0.463 e. The molecule has 0 aliphatic rings. The summed E-state index contributed by atoms with van der Waals surface area (Å²) in [6.45, 7) is 17.3. The lowest BCUT2D eigenvalue weighted by molar-refractivity contribution is -0.137. The minimum absolute atomic E-state index is 0.226. The molecule has 0 aliphatic carbocycles. The van der Waals surface area contributed by atoms with Gasteiger partial charge in [0.2, 0.25) is 0 Å². The molecule has 0 spiro atoms. The molecular weight excluding hydrogens is 296 g/mol. The molecule has 0 bridgehead atoms. The molecule has 2 heteroatoms. The summed E-state index contributed by atoms with van der Waals surface area (Å²) in [6, 6.07) is 0. The third kappa shape index (κ3) is 14.3. The highest BCUT2D eigenvalue weighted by Gasteiger charge is 2.07. The van der Waals surface area contributed by atoms with E-state index in [1.54, 1.807) is 6.08 Å². The van der Waals surface area contributed by atoms with Crippen LogP contribution in [0.1, 0.15) is 87.5 Å². The van der Waals surface area contributed by atoms with Crippen molar-refractivity contribution in [3.8, 4) is 0 Å². The Kier molecular flexibility index (Phi) is 17.2. The van der Waals surface area contributed by atoms with E-state index in [9.17, 15) is 4.79 Å². The van der Waals surface area contributed by atoms with Crippen LogP contribution < -0.4 is 0 Å². The molecule has 0 heterocycles. The van der Waals surface area contributed by atoms with Crippen LogP contribution in [0, 0.1) is 5.92 Å².